The molecule has 0 aliphatic carbocycles. The van der Waals surface area contributed by atoms with Crippen LogP contribution in [-0.4, -0.2) is 16.7 Å². The van der Waals surface area contributed by atoms with Crippen LogP contribution in [0.3, 0.4) is 0 Å². The summed E-state index contributed by atoms with van der Waals surface area (Å²) >= 11 is 11.8. The van der Waals surface area contributed by atoms with Crippen molar-refractivity contribution < 1.29 is 4.74 Å². The number of ether oxygens (including phenoxy) is 1. The quantitative estimate of drug-likeness (QED) is 0.698. The average Bonchev–Trinajstić information content (AvgIpc) is 2.74. The third kappa shape index (κ3) is 2.11. The van der Waals surface area contributed by atoms with E-state index in [1.807, 2.05) is 47.9 Å². The molecule has 2 aromatic carbocycles. The van der Waals surface area contributed by atoms with Crippen molar-refractivity contribution >= 4 is 34.9 Å². The number of aromatic nitrogens is 2. The lowest BCUT2D eigenvalue weighted by atomic mass is 10.2. The number of fused-ring (bicyclic) bond motifs is 1. The molecule has 0 radical (unpaired) electrons. The van der Waals surface area contributed by atoms with E-state index in [9.17, 15) is 0 Å². The molecule has 1 heterocycles. The zero-order chi connectivity index (χ0) is 14.3. The SMILES string of the molecule is COc1ccc2c(c1)[nH]c(=S)n2-c1ccc(C)cc1Cl. The number of nitrogens with one attached hydrogen (secondary N) is 1. The number of benzene rings is 2. The molecule has 1 aromatic heterocycles. The van der Waals surface area contributed by atoms with Gasteiger partial charge in [0.05, 0.1) is 28.9 Å². The lowest BCUT2D eigenvalue weighted by Crippen LogP contribution is -1.95. The van der Waals surface area contributed by atoms with Crippen LogP contribution in [0.4, 0.5) is 0 Å². The first-order chi connectivity index (χ1) is 9.60. The number of nitrogens with zero attached hydrogens (tertiary/aromatic N) is 1. The Bertz CT molecular complexity index is 851. The largest absolute Gasteiger partial charge is 0.497 e. The Morgan fingerprint density at radius 3 is 2.70 bits per heavy atom. The lowest BCUT2D eigenvalue weighted by molar-refractivity contribution is 0.415. The highest BCUT2D eigenvalue weighted by molar-refractivity contribution is 7.71. The minimum atomic E-state index is 0.610. The molecule has 0 unspecified atom stereocenters. The third-order valence-electron chi connectivity index (χ3n) is 3.23. The first-order valence-corrected chi connectivity index (χ1v) is 6.94. The average molecular weight is 305 g/mol. The number of H-pyrrole nitrogens is 1. The van der Waals surface area contributed by atoms with Gasteiger partial charge in [-0.05, 0) is 49.0 Å². The van der Waals surface area contributed by atoms with Crippen LogP contribution in [0.25, 0.3) is 16.7 Å². The Kier molecular flexibility index (Phi) is 3.28. The minimum absolute atomic E-state index is 0.610. The van der Waals surface area contributed by atoms with Gasteiger partial charge in [0, 0.05) is 6.07 Å². The molecule has 5 heteroatoms. The fourth-order valence-electron chi connectivity index (χ4n) is 2.25. The van der Waals surface area contributed by atoms with Gasteiger partial charge in [-0.3, -0.25) is 4.57 Å². The van der Waals surface area contributed by atoms with Crippen LogP contribution in [0.2, 0.25) is 5.02 Å². The highest BCUT2D eigenvalue weighted by Gasteiger charge is 2.10. The van der Waals surface area contributed by atoms with E-state index in [1.54, 1.807) is 7.11 Å². The molecule has 0 amide bonds. The number of imidazole rings is 1. The van der Waals surface area contributed by atoms with Gasteiger partial charge in [0.25, 0.3) is 0 Å². The molecule has 0 aliphatic heterocycles. The Morgan fingerprint density at radius 1 is 1.20 bits per heavy atom. The predicted molar refractivity (Wildman–Crippen MR) is 84.8 cm³/mol. The van der Waals surface area contributed by atoms with Crippen LogP contribution in [0.5, 0.6) is 5.75 Å². The number of hydrogen-bond acceptors (Lipinski definition) is 2. The van der Waals surface area contributed by atoms with Crippen LogP contribution in [0, 0.1) is 11.7 Å². The van der Waals surface area contributed by atoms with Crippen LogP contribution in [0.15, 0.2) is 36.4 Å². The monoisotopic (exact) mass is 304 g/mol. The molecule has 0 aliphatic rings. The molecule has 0 saturated heterocycles. The van der Waals surface area contributed by atoms with Crippen molar-refractivity contribution in [2.24, 2.45) is 0 Å². The number of halogens is 1. The van der Waals surface area contributed by atoms with E-state index in [1.165, 1.54) is 0 Å². The molecule has 0 bridgehead atoms. The van der Waals surface area contributed by atoms with Crippen LogP contribution in [0.1, 0.15) is 5.56 Å². The minimum Gasteiger partial charge on any atom is -0.497 e. The van der Waals surface area contributed by atoms with Crippen LogP contribution >= 0.6 is 23.8 Å². The van der Waals surface area contributed by atoms with Crippen molar-refractivity contribution in [3.8, 4) is 11.4 Å². The number of hydrogen-bond donors (Lipinski definition) is 1. The molecule has 102 valence electrons. The maximum atomic E-state index is 6.35. The van der Waals surface area contributed by atoms with Gasteiger partial charge in [-0.25, -0.2) is 0 Å². The molecule has 3 aromatic rings. The Labute approximate surface area is 126 Å². The smallest absolute Gasteiger partial charge is 0.182 e. The van der Waals surface area contributed by atoms with E-state index in [-0.39, 0.29) is 0 Å². The topological polar surface area (TPSA) is 29.9 Å². The highest BCUT2D eigenvalue weighted by Crippen LogP contribution is 2.28. The van der Waals surface area contributed by atoms with Gasteiger partial charge >= 0.3 is 0 Å². The summed E-state index contributed by atoms with van der Waals surface area (Å²) in [4.78, 5) is 3.18. The number of aromatic amines is 1. The zero-order valence-corrected chi connectivity index (χ0v) is 12.7. The molecule has 0 spiro atoms. The Morgan fingerprint density at radius 2 is 2.00 bits per heavy atom. The summed E-state index contributed by atoms with van der Waals surface area (Å²) < 4.78 is 7.77. The van der Waals surface area contributed by atoms with E-state index in [0.717, 1.165) is 28.0 Å². The summed E-state index contributed by atoms with van der Waals surface area (Å²) in [5.41, 5.74) is 3.89. The van der Waals surface area contributed by atoms with E-state index in [4.69, 9.17) is 28.6 Å². The molecule has 0 saturated carbocycles. The zero-order valence-electron chi connectivity index (χ0n) is 11.1. The lowest BCUT2D eigenvalue weighted by Gasteiger charge is -2.08. The van der Waals surface area contributed by atoms with Crippen molar-refractivity contribution in [3.63, 3.8) is 0 Å². The van der Waals surface area contributed by atoms with Gasteiger partial charge in [0.2, 0.25) is 0 Å². The van der Waals surface area contributed by atoms with Gasteiger partial charge in [-0.1, -0.05) is 17.7 Å². The molecule has 20 heavy (non-hydrogen) atoms. The second-order valence-electron chi connectivity index (χ2n) is 4.60. The first-order valence-electron chi connectivity index (χ1n) is 6.15. The van der Waals surface area contributed by atoms with Gasteiger partial charge in [-0.2, -0.15) is 0 Å². The van der Waals surface area contributed by atoms with Crippen molar-refractivity contribution in [2.75, 3.05) is 7.11 Å². The fraction of sp³-hybridized carbons (Fsp3) is 0.133. The second kappa shape index (κ2) is 4.96. The summed E-state index contributed by atoms with van der Waals surface area (Å²) in [5, 5.41) is 0.679. The molecule has 0 fully saturated rings. The summed E-state index contributed by atoms with van der Waals surface area (Å²) in [6, 6.07) is 11.7. The van der Waals surface area contributed by atoms with E-state index >= 15 is 0 Å². The second-order valence-corrected chi connectivity index (χ2v) is 5.40. The maximum Gasteiger partial charge on any atom is 0.182 e. The molecule has 3 rings (SSSR count). The van der Waals surface area contributed by atoms with E-state index in [0.29, 0.717) is 9.79 Å². The highest BCUT2D eigenvalue weighted by atomic mass is 35.5. The van der Waals surface area contributed by atoms with Crippen molar-refractivity contribution in [1.82, 2.24) is 9.55 Å². The summed E-state index contributed by atoms with van der Waals surface area (Å²) in [6.07, 6.45) is 0. The van der Waals surface area contributed by atoms with Gasteiger partial charge < -0.3 is 9.72 Å². The summed E-state index contributed by atoms with van der Waals surface area (Å²) in [6.45, 7) is 2.01. The molecule has 0 atom stereocenters. The normalized spacial score (nSPS) is 10.9. The van der Waals surface area contributed by atoms with Gasteiger partial charge in [0.15, 0.2) is 4.77 Å². The predicted octanol–water partition coefficient (Wildman–Crippen LogP) is 4.66. The molecular formula is C15H13ClN2OS. The first kappa shape index (κ1) is 13.2. The molecule has 1 N–H and O–H groups in total. The number of aryl methyl sites for hydroxylation is 1. The summed E-state index contributed by atoms with van der Waals surface area (Å²) in [5.74, 6) is 0.788. The van der Waals surface area contributed by atoms with Crippen molar-refractivity contribution in [3.05, 3.63) is 51.8 Å². The van der Waals surface area contributed by atoms with Gasteiger partial charge in [-0.15, -0.1) is 0 Å². The summed E-state index contributed by atoms with van der Waals surface area (Å²) in [7, 11) is 1.64. The van der Waals surface area contributed by atoms with Crippen LogP contribution in [-0.2, 0) is 0 Å². The van der Waals surface area contributed by atoms with E-state index in [2.05, 4.69) is 4.98 Å². The van der Waals surface area contributed by atoms with Crippen molar-refractivity contribution in [2.45, 2.75) is 6.92 Å². The van der Waals surface area contributed by atoms with Crippen molar-refractivity contribution in [1.29, 1.82) is 0 Å². The Hall–Kier alpha value is -1.78. The maximum absolute atomic E-state index is 6.35. The number of rotatable bonds is 2. The van der Waals surface area contributed by atoms with Gasteiger partial charge in [0.1, 0.15) is 5.75 Å². The fourth-order valence-corrected chi connectivity index (χ4v) is 2.88. The standard InChI is InChI=1S/C15H13ClN2OS/c1-9-3-5-13(11(16)7-9)18-14-6-4-10(19-2)8-12(14)17-15(18)20/h3-8H,1-2H3,(H,17,20). The third-order valence-corrected chi connectivity index (χ3v) is 3.82. The molecular weight excluding hydrogens is 292 g/mol. The van der Waals surface area contributed by atoms with E-state index < -0.39 is 0 Å². The molecule has 3 nitrogen and oxygen atoms in total. The van der Waals surface area contributed by atoms with Crippen LogP contribution < -0.4 is 4.74 Å². The Balaban J connectivity index is 2.31. The number of methoxy groups -OCH3 is 1.